The van der Waals surface area contributed by atoms with E-state index in [4.69, 9.17) is 9.47 Å². The fourth-order valence-corrected chi connectivity index (χ4v) is 2.83. The van der Waals surface area contributed by atoms with E-state index in [9.17, 15) is 15.5 Å². The number of nitrogens with zero attached hydrogens (tertiary/aromatic N) is 2. The molecule has 0 fully saturated rings. The summed E-state index contributed by atoms with van der Waals surface area (Å²) in [6.45, 7) is -0.346. The first-order valence-electron chi connectivity index (χ1n) is 7.74. The summed E-state index contributed by atoms with van der Waals surface area (Å²) < 4.78 is 12.9. The van der Waals surface area contributed by atoms with Gasteiger partial charge >= 0.3 is 0 Å². The minimum absolute atomic E-state index is 0.150. The molecule has 3 rings (SSSR count). The topological polar surface area (TPSA) is 87.1 Å². The van der Waals surface area contributed by atoms with Gasteiger partial charge in [-0.2, -0.15) is 5.26 Å². The Hall–Kier alpha value is -3.01. The molecule has 3 aromatic rings. The predicted octanol–water partition coefficient (Wildman–Crippen LogP) is 2.38. The summed E-state index contributed by atoms with van der Waals surface area (Å²) >= 11 is 0. The van der Waals surface area contributed by atoms with E-state index in [1.807, 2.05) is 35.0 Å². The number of hydrogen-bond acceptors (Lipinski definition) is 5. The first-order chi connectivity index (χ1) is 12.2. The predicted molar refractivity (Wildman–Crippen MR) is 91.3 cm³/mol. The molecule has 2 heterocycles. The summed E-state index contributed by atoms with van der Waals surface area (Å²) in [5.41, 5.74) is 3.13. The molecule has 0 aliphatic carbocycles. The van der Waals surface area contributed by atoms with Gasteiger partial charge in [-0.25, -0.2) is 0 Å². The van der Waals surface area contributed by atoms with Gasteiger partial charge in [-0.1, -0.05) is 6.07 Å². The molecule has 6 heteroatoms. The molecule has 0 saturated heterocycles. The monoisotopic (exact) mass is 338 g/mol. The molecule has 2 aromatic heterocycles. The largest absolute Gasteiger partial charge is 0.497 e. The highest BCUT2D eigenvalue weighted by Gasteiger charge is 2.15. The van der Waals surface area contributed by atoms with Gasteiger partial charge in [-0.3, -0.25) is 0 Å². The van der Waals surface area contributed by atoms with Gasteiger partial charge in [0.15, 0.2) is 0 Å². The molecule has 0 unspecified atom stereocenters. The Kier molecular flexibility index (Phi) is 4.89. The number of aliphatic hydroxyl groups excluding tert-OH is 2. The molecular weight excluding hydrogens is 320 g/mol. The molecule has 128 valence electrons. The van der Waals surface area contributed by atoms with E-state index in [0.29, 0.717) is 28.2 Å². The number of rotatable bonds is 6. The molecule has 0 spiro atoms. The van der Waals surface area contributed by atoms with Gasteiger partial charge in [0.05, 0.1) is 31.4 Å². The van der Waals surface area contributed by atoms with Gasteiger partial charge in [0.2, 0.25) is 0 Å². The molecule has 0 radical (unpaired) electrons. The van der Waals surface area contributed by atoms with E-state index in [-0.39, 0.29) is 19.8 Å². The van der Waals surface area contributed by atoms with Crippen molar-refractivity contribution in [3.8, 4) is 17.6 Å². The van der Waals surface area contributed by atoms with Crippen molar-refractivity contribution in [3.05, 3.63) is 65.0 Å². The number of aromatic nitrogens is 1. The molecule has 0 aliphatic heterocycles. The molecular formula is C19H18N2O4. The van der Waals surface area contributed by atoms with Crippen molar-refractivity contribution >= 4 is 5.52 Å². The second-order valence-corrected chi connectivity index (χ2v) is 5.51. The number of aliphatic hydroxyl groups is 2. The number of hydrogen-bond donors (Lipinski definition) is 2. The Morgan fingerprint density at radius 2 is 1.84 bits per heavy atom. The second-order valence-electron chi connectivity index (χ2n) is 5.51. The Morgan fingerprint density at radius 3 is 2.44 bits per heavy atom. The molecule has 0 aliphatic rings. The smallest absolute Gasteiger partial charge is 0.131 e. The number of fused-ring (bicyclic) bond motifs is 1. The third kappa shape index (κ3) is 3.15. The standard InChI is InChI=1S/C19H18N2O4/c1-24-16-6-13(10-22)19(14(7-16)11-23)25-12-15-9-21-5-3-2-4-18(21)17(15)8-20/h2-7,9,22-23H,10-12H2,1H3. The lowest BCUT2D eigenvalue weighted by Crippen LogP contribution is -2.04. The van der Waals surface area contributed by atoms with Crippen molar-refractivity contribution in [2.75, 3.05) is 7.11 Å². The Balaban J connectivity index is 1.96. The van der Waals surface area contributed by atoms with Crippen LogP contribution in [0.3, 0.4) is 0 Å². The highest BCUT2D eigenvalue weighted by atomic mass is 16.5. The van der Waals surface area contributed by atoms with Gasteiger partial charge in [-0.15, -0.1) is 0 Å². The molecule has 0 atom stereocenters. The fraction of sp³-hybridized carbons (Fsp3) is 0.211. The van der Waals surface area contributed by atoms with Gasteiger partial charge in [0.25, 0.3) is 0 Å². The fourth-order valence-electron chi connectivity index (χ4n) is 2.83. The Morgan fingerprint density at radius 1 is 1.12 bits per heavy atom. The van der Waals surface area contributed by atoms with E-state index < -0.39 is 0 Å². The van der Waals surface area contributed by atoms with Crippen LogP contribution < -0.4 is 9.47 Å². The van der Waals surface area contributed by atoms with E-state index in [1.165, 1.54) is 7.11 Å². The third-order valence-electron chi connectivity index (χ3n) is 4.04. The highest BCUT2D eigenvalue weighted by molar-refractivity contribution is 5.65. The van der Waals surface area contributed by atoms with Crippen LogP contribution in [0.1, 0.15) is 22.3 Å². The van der Waals surface area contributed by atoms with Crippen molar-refractivity contribution in [1.29, 1.82) is 5.26 Å². The summed E-state index contributed by atoms with van der Waals surface area (Å²) in [4.78, 5) is 0. The van der Waals surface area contributed by atoms with Gasteiger partial charge in [0, 0.05) is 29.1 Å². The average molecular weight is 338 g/mol. The number of benzene rings is 1. The average Bonchev–Trinajstić information content (AvgIpc) is 3.02. The maximum absolute atomic E-state index is 9.60. The second kappa shape index (κ2) is 7.26. The molecule has 2 N–H and O–H groups in total. The summed E-state index contributed by atoms with van der Waals surface area (Å²) in [6.07, 6.45) is 3.71. The van der Waals surface area contributed by atoms with Crippen molar-refractivity contribution < 1.29 is 19.7 Å². The number of pyridine rings is 1. The van der Waals surface area contributed by atoms with E-state index in [0.717, 1.165) is 11.1 Å². The normalized spacial score (nSPS) is 10.6. The molecule has 0 bridgehead atoms. The Bertz CT molecular complexity index is 915. The van der Waals surface area contributed by atoms with Crippen molar-refractivity contribution in [3.63, 3.8) is 0 Å². The number of ether oxygens (including phenoxy) is 2. The Labute approximate surface area is 145 Å². The van der Waals surface area contributed by atoms with Crippen LogP contribution in [0.15, 0.2) is 42.7 Å². The number of nitriles is 1. The first-order valence-corrected chi connectivity index (χ1v) is 7.74. The lowest BCUT2D eigenvalue weighted by Gasteiger charge is -2.15. The zero-order valence-corrected chi connectivity index (χ0v) is 13.8. The van der Waals surface area contributed by atoms with Crippen LogP contribution in [0.2, 0.25) is 0 Å². The minimum atomic E-state index is -0.248. The van der Waals surface area contributed by atoms with E-state index in [1.54, 1.807) is 12.1 Å². The van der Waals surface area contributed by atoms with Crippen molar-refractivity contribution in [2.45, 2.75) is 19.8 Å². The lowest BCUT2D eigenvalue weighted by atomic mass is 10.1. The van der Waals surface area contributed by atoms with Crippen molar-refractivity contribution in [2.24, 2.45) is 0 Å². The lowest BCUT2D eigenvalue weighted by molar-refractivity contribution is 0.241. The van der Waals surface area contributed by atoms with Crippen LogP contribution in [0, 0.1) is 11.3 Å². The zero-order chi connectivity index (χ0) is 17.8. The SMILES string of the molecule is COc1cc(CO)c(OCc2cn3ccccc3c2C#N)c(CO)c1. The zero-order valence-electron chi connectivity index (χ0n) is 13.8. The molecule has 6 nitrogen and oxygen atoms in total. The molecule has 1 aromatic carbocycles. The maximum atomic E-state index is 9.60. The van der Waals surface area contributed by atoms with Crippen LogP contribution in [0.5, 0.6) is 11.5 Å². The van der Waals surface area contributed by atoms with Crippen LogP contribution in [0.4, 0.5) is 0 Å². The van der Waals surface area contributed by atoms with Gasteiger partial charge < -0.3 is 24.1 Å². The van der Waals surface area contributed by atoms with Crippen LogP contribution in [-0.4, -0.2) is 21.7 Å². The summed E-state index contributed by atoms with van der Waals surface area (Å²) in [7, 11) is 1.52. The van der Waals surface area contributed by atoms with Gasteiger partial charge in [0.1, 0.15) is 24.2 Å². The summed E-state index contributed by atoms with van der Waals surface area (Å²) in [5.74, 6) is 0.942. The van der Waals surface area contributed by atoms with Crippen LogP contribution >= 0.6 is 0 Å². The van der Waals surface area contributed by atoms with Crippen molar-refractivity contribution in [1.82, 2.24) is 4.40 Å². The quantitative estimate of drug-likeness (QED) is 0.720. The maximum Gasteiger partial charge on any atom is 0.131 e. The summed E-state index contributed by atoms with van der Waals surface area (Å²) in [6, 6.07) is 11.2. The molecule has 0 saturated carbocycles. The minimum Gasteiger partial charge on any atom is -0.497 e. The highest BCUT2D eigenvalue weighted by Crippen LogP contribution is 2.31. The van der Waals surface area contributed by atoms with Crippen LogP contribution in [0.25, 0.3) is 5.52 Å². The summed E-state index contributed by atoms with van der Waals surface area (Å²) in [5, 5.41) is 28.7. The third-order valence-corrected chi connectivity index (χ3v) is 4.04. The van der Waals surface area contributed by atoms with Gasteiger partial charge in [-0.05, 0) is 24.3 Å². The first kappa shape index (κ1) is 16.8. The van der Waals surface area contributed by atoms with E-state index >= 15 is 0 Å². The molecule has 25 heavy (non-hydrogen) atoms. The van der Waals surface area contributed by atoms with Crippen LogP contribution in [-0.2, 0) is 19.8 Å². The number of methoxy groups -OCH3 is 1. The van der Waals surface area contributed by atoms with E-state index in [2.05, 4.69) is 6.07 Å². The molecule has 0 amide bonds.